The van der Waals surface area contributed by atoms with Crippen LogP contribution in [0, 0.1) is 0 Å². The highest BCUT2D eigenvalue weighted by Crippen LogP contribution is 2.13. The highest BCUT2D eigenvalue weighted by molar-refractivity contribution is 7.00. The van der Waals surface area contributed by atoms with Crippen molar-refractivity contribution < 1.29 is 4.79 Å². The van der Waals surface area contributed by atoms with Gasteiger partial charge in [0.15, 0.2) is 0 Å². The van der Waals surface area contributed by atoms with Crippen molar-refractivity contribution in [2.75, 3.05) is 6.54 Å². The first-order valence-electron chi connectivity index (χ1n) is 6.22. The van der Waals surface area contributed by atoms with Gasteiger partial charge in [0.1, 0.15) is 11.0 Å². The van der Waals surface area contributed by atoms with Gasteiger partial charge in [0, 0.05) is 24.5 Å². The van der Waals surface area contributed by atoms with E-state index >= 15 is 0 Å². The predicted molar refractivity (Wildman–Crippen MR) is 77.7 cm³/mol. The van der Waals surface area contributed by atoms with Gasteiger partial charge in [-0.2, -0.15) is 8.75 Å². The molecule has 2 heterocycles. The van der Waals surface area contributed by atoms with E-state index in [0.29, 0.717) is 12.1 Å². The number of fused-ring (bicyclic) bond motifs is 1. The molecule has 2 aromatic heterocycles. The number of amides is 1. The van der Waals surface area contributed by atoms with Gasteiger partial charge in [-0.15, -0.1) is 0 Å². The van der Waals surface area contributed by atoms with Crippen molar-refractivity contribution in [3.63, 3.8) is 0 Å². The standard InChI is InChI=1S/C14H12N4OS/c19-14(16-8-5-10-3-6-15-7-4-10)11-1-2-12-13(9-11)18-20-17-12/h1-4,6-7,9H,5,8H2,(H,16,19). The van der Waals surface area contributed by atoms with Crippen LogP contribution in [0.3, 0.4) is 0 Å². The van der Waals surface area contributed by atoms with Gasteiger partial charge in [0.05, 0.1) is 11.7 Å². The summed E-state index contributed by atoms with van der Waals surface area (Å²) in [6, 6.07) is 9.24. The van der Waals surface area contributed by atoms with Crippen LogP contribution >= 0.6 is 11.7 Å². The molecule has 0 unspecified atom stereocenters. The van der Waals surface area contributed by atoms with Crippen molar-refractivity contribution in [3.8, 4) is 0 Å². The number of nitrogens with zero attached hydrogens (tertiary/aromatic N) is 3. The van der Waals surface area contributed by atoms with E-state index in [0.717, 1.165) is 34.7 Å². The molecular formula is C14H12N4OS. The normalized spacial score (nSPS) is 10.6. The second-order valence-electron chi connectivity index (χ2n) is 4.33. The van der Waals surface area contributed by atoms with E-state index in [1.165, 1.54) is 0 Å². The maximum atomic E-state index is 12.0. The van der Waals surface area contributed by atoms with Gasteiger partial charge >= 0.3 is 0 Å². The SMILES string of the molecule is O=C(NCCc1ccncc1)c1ccc2nsnc2c1. The zero-order valence-corrected chi connectivity index (χ0v) is 11.4. The second-order valence-corrected chi connectivity index (χ2v) is 4.86. The third kappa shape index (κ3) is 2.80. The van der Waals surface area contributed by atoms with Gasteiger partial charge in [-0.1, -0.05) is 0 Å². The molecule has 1 N–H and O–H groups in total. The Morgan fingerprint density at radius 2 is 1.90 bits per heavy atom. The summed E-state index contributed by atoms with van der Waals surface area (Å²) in [5.41, 5.74) is 3.35. The van der Waals surface area contributed by atoms with Gasteiger partial charge in [0.25, 0.3) is 5.91 Å². The Morgan fingerprint density at radius 1 is 1.10 bits per heavy atom. The van der Waals surface area contributed by atoms with Gasteiger partial charge in [-0.3, -0.25) is 9.78 Å². The number of nitrogens with one attached hydrogen (secondary N) is 1. The van der Waals surface area contributed by atoms with E-state index in [-0.39, 0.29) is 5.91 Å². The van der Waals surface area contributed by atoms with Gasteiger partial charge in [0.2, 0.25) is 0 Å². The number of hydrogen-bond acceptors (Lipinski definition) is 5. The summed E-state index contributed by atoms with van der Waals surface area (Å²) in [5.74, 6) is -0.0889. The monoisotopic (exact) mass is 284 g/mol. The largest absolute Gasteiger partial charge is 0.352 e. The summed E-state index contributed by atoms with van der Waals surface area (Å²) in [5, 5.41) is 2.90. The van der Waals surface area contributed by atoms with Crippen LogP contribution < -0.4 is 5.32 Å². The predicted octanol–water partition coefficient (Wildman–Crippen LogP) is 2.06. The molecular weight excluding hydrogens is 272 g/mol. The van der Waals surface area contributed by atoms with E-state index in [2.05, 4.69) is 19.0 Å². The van der Waals surface area contributed by atoms with E-state index in [1.807, 2.05) is 18.2 Å². The molecule has 3 rings (SSSR count). The van der Waals surface area contributed by atoms with Crippen LogP contribution in [0.1, 0.15) is 15.9 Å². The van der Waals surface area contributed by atoms with Crippen molar-refractivity contribution in [3.05, 3.63) is 53.9 Å². The minimum Gasteiger partial charge on any atom is -0.352 e. The van der Waals surface area contributed by atoms with E-state index in [4.69, 9.17) is 0 Å². The lowest BCUT2D eigenvalue weighted by atomic mass is 10.1. The fraction of sp³-hybridized carbons (Fsp3) is 0.143. The average molecular weight is 284 g/mol. The molecule has 3 aromatic rings. The summed E-state index contributed by atoms with van der Waals surface area (Å²) in [6.45, 7) is 0.593. The molecule has 0 aliphatic heterocycles. The Kier molecular flexibility index (Phi) is 3.64. The molecule has 0 saturated carbocycles. The zero-order valence-electron chi connectivity index (χ0n) is 10.6. The molecule has 0 fully saturated rings. The lowest BCUT2D eigenvalue weighted by Crippen LogP contribution is -2.25. The smallest absolute Gasteiger partial charge is 0.251 e. The maximum absolute atomic E-state index is 12.0. The summed E-state index contributed by atoms with van der Waals surface area (Å²) in [4.78, 5) is 16.0. The van der Waals surface area contributed by atoms with Crippen molar-refractivity contribution in [2.45, 2.75) is 6.42 Å². The number of hydrogen-bond donors (Lipinski definition) is 1. The Balaban J connectivity index is 1.61. The molecule has 0 radical (unpaired) electrons. The summed E-state index contributed by atoms with van der Waals surface area (Å²) < 4.78 is 8.25. The zero-order chi connectivity index (χ0) is 13.8. The minimum atomic E-state index is -0.0889. The fourth-order valence-corrected chi connectivity index (χ4v) is 2.41. The molecule has 0 saturated heterocycles. The molecule has 0 spiro atoms. The minimum absolute atomic E-state index is 0.0889. The fourth-order valence-electron chi connectivity index (χ4n) is 1.90. The van der Waals surface area contributed by atoms with Crippen molar-refractivity contribution in [2.24, 2.45) is 0 Å². The number of aromatic nitrogens is 3. The quantitative estimate of drug-likeness (QED) is 0.796. The van der Waals surface area contributed by atoms with Crippen LogP contribution in [0.5, 0.6) is 0 Å². The summed E-state index contributed by atoms with van der Waals surface area (Å²) >= 11 is 1.15. The molecule has 6 heteroatoms. The lowest BCUT2D eigenvalue weighted by molar-refractivity contribution is 0.0954. The third-order valence-corrected chi connectivity index (χ3v) is 3.52. The van der Waals surface area contributed by atoms with E-state index < -0.39 is 0 Å². The van der Waals surface area contributed by atoms with E-state index in [1.54, 1.807) is 24.5 Å². The molecule has 0 atom stereocenters. The Labute approximate surface area is 120 Å². The average Bonchev–Trinajstić information content (AvgIpc) is 2.95. The van der Waals surface area contributed by atoms with Gasteiger partial charge in [-0.05, 0) is 42.3 Å². The first-order valence-corrected chi connectivity index (χ1v) is 6.95. The summed E-state index contributed by atoms with van der Waals surface area (Å²) in [6.07, 6.45) is 4.29. The molecule has 0 aliphatic carbocycles. The Hall–Kier alpha value is -2.34. The van der Waals surface area contributed by atoms with Gasteiger partial charge in [-0.25, -0.2) is 0 Å². The van der Waals surface area contributed by atoms with Crippen molar-refractivity contribution in [1.82, 2.24) is 19.0 Å². The highest BCUT2D eigenvalue weighted by atomic mass is 32.1. The van der Waals surface area contributed by atoms with Crippen LogP contribution in [-0.2, 0) is 6.42 Å². The van der Waals surface area contributed by atoms with Gasteiger partial charge < -0.3 is 5.32 Å². The molecule has 20 heavy (non-hydrogen) atoms. The van der Waals surface area contributed by atoms with Crippen molar-refractivity contribution in [1.29, 1.82) is 0 Å². The number of carbonyl (C=O) groups excluding carboxylic acids is 1. The lowest BCUT2D eigenvalue weighted by Gasteiger charge is -2.05. The number of pyridine rings is 1. The first-order chi connectivity index (χ1) is 9.83. The van der Waals surface area contributed by atoms with Crippen LogP contribution in [0.4, 0.5) is 0 Å². The second kappa shape index (κ2) is 5.75. The highest BCUT2D eigenvalue weighted by Gasteiger charge is 2.07. The maximum Gasteiger partial charge on any atom is 0.251 e. The first kappa shape index (κ1) is 12.7. The Bertz CT molecular complexity index is 726. The van der Waals surface area contributed by atoms with Crippen LogP contribution in [0.25, 0.3) is 11.0 Å². The number of rotatable bonds is 4. The molecule has 1 aromatic carbocycles. The van der Waals surface area contributed by atoms with Crippen LogP contribution in [0.2, 0.25) is 0 Å². The van der Waals surface area contributed by atoms with E-state index in [9.17, 15) is 4.79 Å². The molecule has 0 aliphatic rings. The van der Waals surface area contributed by atoms with Crippen molar-refractivity contribution >= 4 is 28.7 Å². The third-order valence-electron chi connectivity index (χ3n) is 2.96. The number of benzene rings is 1. The van der Waals surface area contributed by atoms with Crippen LogP contribution in [-0.4, -0.2) is 26.2 Å². The molecule has 100 valence electrons. The number of carbonyl (C=O) groups is 1. The topological polar surface area (TPSA) is 67.8 Å². The molecule has 0 bridgehead atoms. The summed E-state index contributed by atoms with van der Waals surface area (Å²) in [7, 11) is 0. The Morgan fingerprint density at radius 3 is 2.75 bits per heavy atom. The molecule has 5 nitrogen and oxygen atoms in total. The molecule has 1 amide bonds. The van der Waals surface area contributed by atoms with Crippen LogP contribution in [0.15, 0.2) is 42.7 Å².